The van der Waals surface area contributed by atoms with Crippen molar-refractivity contribution in [1.29, 1.82) is 0 Å². The van der Waals surface area contributed by atoms with Crippen LogP contribution in [-0.2, 0) is 0 Å². The summed E-state index contributed by atoms with van der Waals surface area (Å²) in [6.07, 6.45) is 0. The van der Waals surface area contributed by atoms with Gasteiger partial charge in [0, 0.05) is 22.5 Å². The summed E-state index contributed by atoms with van der Waals surface area (Å²) < 4.78 is 35.3. The van der Waals surface area contributed by atoms with Crippen LogP contribution < -0.4 is 49.2 Å². The highest BCUT2D eigenvalue weighted by molar-refractivity contribution is 7.21. The fourth-order valence-electron chi connectivity index (χ4n) is 4.99. The first-order valence-corrected chi connectivity index (χ1v) is 13.8. The summed E-state index contributed by atoms with van der Waals surface area (Å²) in [7, 11) is 6.73. The number of hydrogen-bond donors (Lipinski definition) is 0. The van der Waals surface area contributed by atoms with Gasteiger partial charge >= 0.3 is 0 Å². The lowest BCUT2D eigenvalue weighted by atomic mass is 10.3. The molecule has 6 nitrogen and oxygen atoms in total. The predicted molar refractivity (Wildman–Crippen MR) is 149 cm³/mol. The second-order valence-electron chi connectivity index (χ2n) is 8.29. The molecule has 0 amide bonds. The Morgan fingerprint density at radius 2 is 0.865 bits per heavy atom. The maximum atomic E-state index is 6.06. The lowest BCUT2D eigenvalue weighted by Gasteiger charge is -2.37. The summed E-state index contributed by atoms with van der Waals surface area (Å²) in [6.45, 7) is 0. The highest BCUT2D eigenvalue weighted by Gasteiger charge is 2.49. The lowest BCUT2D eigenvalue weighted by molar-refractivity contribution is 0.379. The quantitative estimate of drug-likeness (QED) is 0.239. The fraction of sp³-hybridized carbons (Fsp3) is 0.200. The van der Waals surface area contributed by atoms with Gasteiger partial charge in [-0.2, -0.15) is 0 Å². The van der Waals surface area contributed by atoms with Crippen LogP contribution in [0.3, 0.4) is 0 Å². The third-order valence-corrected chi connectivity index (χ3v) is 11.5. The van der Waals surface area contributed by atoms with Crippen molar-refractivity contribution >= 4 is 28.8 Å². The molecule has 0 spiro atoms. The predicted octanol–water partition coefficient (Wildman–Crippen LogP) is 3.12. The molecule has 0 aromatic heterocycles. The number of methoxy groups -OCH3 is 6. The van der Waals surface area contributed by atoms with Crippen molar-refractivity contribution in [3.8, 4) is 34.5 Å². The number of benzene rings is 4. The number of ether oxygens (including phenoxy) is 6. The monoisotopic (exact) mass is 516 g/mol. The van der Waals surface area contributed by atoms with Crippen LogP contribution in [0.25, 0.3) is 0 Å². The molecule has 37 heavy (non-hydrogen) atoms. The molecule has 0 aliphatic rings. The zero-order valence-electron chi connectivity index (χ0n) is 22.0. The third-order valence-electron chi connectivity index (χ3n) is 6.62. The maximum absolute atomic E-state index is 6.06. The molecule has 0 heterocycles. The lowest BCUT2D eigenvalue weighted by Crippen LogP contribution is -2.75. The second kappa shape index (κ2) is 11.3. The summed E-state index contributed by atoms with van der Waals surface area (Å²) >= 11 is 0. The average molecular weight is 517 g/mol. The van der Waals surface area contributed by atoms with Gasteiger partial charge in [-0.25, -0.2) is 0 Å². The van der Waals surface area contributed by atoms with E-state index in [9.17, 15) is 0 Å². The summed E-state index contributed by atoms with van der Waals surface area (Å²) in [5, 5.41) is 4.03. The molecule has 0 saturated carbocycles. The van der Waals surface area contributed by atoms with E-state index in [0.29, 0.717) is 28.7 Å². The Labute approximate surface area is 219 Å². The largest absolute Gasteiger partial charge is 0.497 e. The Morgan fingerprint density at radius 3 is 1.32 bits per heavy atom. The van der Waals surface area contributed by atoms with E-state index in [1.54, 1.807) is 42.7 Å². The minimum absolute atomic E-state index is 0.634. The van der Waals surface area contributed by atoms with E-state index in [2.05, 4.69) is 24.3 Å². The van der Waals surface area contributed by atoms with Gasteiger partial charge < -0.3 is 28.4 Å². The minimum atomic E-state index is -3.24. The highest BCUT2D eigenvalue weighted by atomic mass is 28.3. The van der Waals surface area contributed by atoms with Crippen molar-refractivity contribution in [2.75, 3.05) is 42.7 Å². The van der Waals surface area contributed by atoms with Gasteiger partial charge in [0.2, 0.25) is 0 Å². The first-order chi connectivity index (χ1) is 18.1. The van der Waals surface area contributed by atoms with Gasteiger partial charge in [0.15, 0.2) is 8.07 Å². The van der Waals surface area contributed by atoms with Gasteiger partial charge in [0.1, 0.15) is 34.5 Å². The third kappa shape index (κ3) is 4.47. The molecule has 0 bridgehead atoms. The maximum Gasteiger partial charge on any atom is 0.197 e. The van der Waals surface area contributed by atoms with Crippen molar-refractivity contribution in [2.24, 2.45) is 0 Å². The molecule has 0 aliphatic carbocycles. The van der Waals surface area contributed by atoms with E-state index >= 15 is 0 Å². The Balaban J connectivity index is 2.32. The fourth-order valence-corrected chi connectivity index (χ4v) is 10.3. The van der Waals surface area contributed by atoms with Crippen LogP contribution in [0.15, 0.2) is 84.9 Å². The Morgan fingerprint density at radius 1 is 0.405 bits per heavy atom. The van der Waals surface area contributed by atoms with E-state index in [1.165, 1.54) is 0 Å². The summed E-state index contributed by atoms with van der Waals surface area (Å²) in [5.74, 6) is 4.12. The van der Waals surface area contributed by atoms with Gasteiger partial charge in [-0.15, -0.1) is 0 Å². The van der Waals surface area contributed by atoms with Crippen LogP contribution in [0, 0.1) is 0 Å². The van der Waals surface area contributed by atoms with Gasteiger partial charge in [-0.1, -0.05) is 48.5 Å². The smallest absolute Gasteiger partial charge is 0.197 e. The highest BCUT2D eigenvalue weighted by Crippen LogP contribution is 2.32. The molecular weight excluding hydrogens is 484 g/mol. The molecule has 0 N–H and O–H groups in total. The number of rotatable bonds is 10. The normalized spacial score (nSPS) is 12.3. The van der Waals surface area contributed by atoms with Crippen molar-refractivity contribution < 1.29 is 28.4 Å². The molecule has 4 rings (SSSR count). The number of hydrogen-bond acceptors (Lipinski definition) is 6. The summed E-state index contributed by atoms with van der Waals surface area (Å²) in [4.78, 5) is 0. The molecular formula is C30H32O6Si. The average Bonchev–Trinajstić information content (AvgIpc) is 2.98. The van der Waals surface area contributed by atoms with Crippen LogP contribution in [0.5, 0.6) is 34.5 Å². The first kappa shape index (κ1) is 26.0. The van der Waals surface area contributed by atoms with E-state index in [-0.39, 0.29) is 0 Å². The van der Waals surface area contributed by atoms with Crippen molar-refractivity contribution in [1.82, 2.24) is 0 Å². The molecule has 0 radical (unpaired) electrons. The van der Waals surface area contributed by atoms with Crippen LogP contribution in [0.1, 0.15) is 0 Å². The van der Waals surface area contributed by atoms with E-state index in [1.807, 2.05) is 60.7 Å². The second-order valence-corrected chi connectivity index (χ2v) is 11.9. The molecule has 4 aromatic rings. The van der Waals surface area contributed by atoms with E-state index < -0.39 is 8.07 Å². The Hall–Kier alpha value is -4.10. The van der Waals surface area contributed by atoms with Crippen molar-refractivity contribution in [3.63, 3.8) is 0 Å². The molecule has 0 aliphatic heterocycles. The molecule has 1 atom stereocenters. The Bertz CT molecular complexity index is 1290. The van der Waals surface area contributed by atoms with Crippen LogP contribution in [-0.4, -0.2) is 50.7 Å². The zero-order valence-corrected chi connectivity index (χ0v) is 23.0. The first-order valence-electron chi connectivity index (χ1n) is 11.8. The molecule has 7 heteroatoms. The van der Waals surface area contributed by atoms with Gasteiger partial charge in [0.25, 0.3) is 0 Å². The summed E-state index contributed by atoms with van der Waals surface area (Å²) in [5.41, 5.74) is 0. The van der Waals surface area contributed by atoms with Gasteiger partial charge in [-0.3, -0.25) is 0 Å². The zero-order chi connectivity index (χ0) is 26.4. The summed E-state index contributed by atoms with van der Waals surface area (Å²) in [6, 6.07) is 28.2. The molecule has 192 valence electrons. The standard InChI is InChI=1S/C30H32O6Si/c1-31-21-15-17-24(18-16-21)37(23-11-8-7-9-12-23,29-25(33-3)13-10-14-26(29)34-4)30-27(35-5)19-22(32-2)20-28(30)36-6/h7-20H,1-6H3/t37-/m0/s1. The van der Waals surface area contributed by atoms with E-state index in [4.69, 9.17) is 28.4 Å². The van der Waals surface area contributed by atoms with Crippen molar-refractivity contribution in [2.45, 2.75) is 0 Å². The topological polar surface area (TPSA) is 55.4 Å². The van der Waals surface area contributed by atoms with Crippen molar-refractivity contribution in [3.05, 3.63) is 84.9 Å². The minimum Gasteiger partial charge on any atom is -0.497 e. The Kier molecular flexibility index (Phi) is 7.94. The van der Waals surface area contributed by atoms with Gasteiger partial charge in [0.05, 0.1) is 42.7 Å². The molecule has 0 unspecified atom stereocenters. The van der Waals surface area contributed by atoms with Gasteiger partial charge in [-0.05, 0) is 34.6 Å². The SMILES string of the molecule is COc1ccc([Si@@](c2ccccc2)(c2c(OC)cccc2OC)c2c(OC)cc(OC)cc2OC)cc1. The molecule has 0 fully saturated rings. The van der Waals surface area contributed by atoms with Crippen LogP contribution in [0.4, 0.5) is 0 Å². The molecule has 0 saturated heterocycles. The molecule has 4 aromatic carbocycles. The van der Waals surface area contributed by atoms with E-state index in [0.717, 1.165) is 26.5 Å². The van der Waals surface area contributed by atoms with Crippen LogP contribution in [0.2, 0.25) is 0 Å². The van der Waals surface area contributed by atoms with Crippen LogP contribution >= 0.6 is 0 Å².